The highest BCUT2D eigenvalue weighted by Gasteiger charge is 2.61. The van der Waals surface area contributed by atoms with Crippen molar-refractivity contribution in [3.8, 4) is 11.6 Å². The number of piperazine rings is 1. The predicted octanol–water partition coefficient (Wildman–Crippen LogP) is 0.767. The molecule has 3 fully saturated rings. The van der Waals surface area contributed by atoms with Crippen LogP contribution in [0.25, 0.3) is 5.69 Å². The van der Waals surface area contributed by atoms with E-state index in [-0.39, 0.29) is 61.9 Å². The fraction of sp³-hybridized carbons (Fsp3) is 0.531. The highest BCUT2D eigenvalue weighted by Crippen LogP contribution is 2.51. The van der Waals surface area contributed by atoms with Gasteiger partial charge in [0.25, 0.3) is 11.8 Å². The first-order valence-corrected chi connectivity index (χ1v) is 16.2. The zero-order valence-electron chi connectivity index (χ0n) is 27.3. The Balaban J connectivity index is 1.34. The van der Waals surface area contributed by atoms with Crippen molar-refractivity contribution in [1.82, 2.24) is 29.8 Å². The van der Waals surface area contributed by atoms with Crippen molar-refractivity contribution >= 4 is 35.7 Å². The number of halogens is 1. The minimum atomic E-state index is -1.48. The highest BCUT2D eigenvalue weighted by molar-refractivity contribution is 5.98. The number of carboxylic acid groups (broad SMARTS) is 1. The van der Waals surface area contributed by atoms with Crippen molar-refractivity contribution < 1.29 is 47.7 Å². The molecular formula is C32H40FN7O9. The number of nitrogens with zero attached hydrogens (tertiary/aromatic N) is 5. The van der Waals surface area contributed by atoms with Gasteiger partial charge in [-0.2, -0.15) is 5.10 Å². The van der Waals surface area contributed by atoms with Gasteiger partial charge < -0.3 is 40.3 Å². The van der Waals surface area contributed by atoms with Gasteiger partial charge in [-0.3, -0.25) is 24.0 Å². The molecule has 1 saturated carbocycles. The minimum Gasteiger partial charge on any atom is -0.481 e. The van der Waals surface area contributed by atoms with Crippen molar-refractivity contribution in [2.45, 2.75) is 51.1 Å². The van der Waals surface area contributed by atoms with Gasteiger partial charge in [0.05, 0.1) is 18.7 Å². The molecule has 17 heteroatoms. The number of benzene rings is 1. The third kappa shape index (κ3) is 7.29. The van der Waals surface area contributed by atoms with E-state index >= 15 is 0 Å². The van der Waals surface area contributed by atoms with Crippen LogP contribution in [0.3, 0.4) is 0 Å². The Morgan fingerprint density at radius 1 is 1.06 bits per heavy atom. The third-order valence-corrected chi connectivity index (χ3v) is 9.28. The molecule has 2 aromatic rings. The maximum absolute atomic E-state index is 14.2. The molecule has 2 saturated heterocycles. The Morgan fingerprint density at radius 2 is 1.76 bits per heavy atom. The number of nitrogens with two attached hydrogens (primary N) is 1. The average Bonchev–Trinajstić information content (AvgIpc) is 3.72. The minimum absolute atomic E-state index is 0.0394. The van der Waals surface area contributed by atoms with E-state index in [9.17, 15) is 38.3 Å². The molecule has 2 aliphatic heterocycles. The number of likely N-dealkylation sites (tertiary alicyclic amines) is 1. The molecule has 3 heterocycles. The second-order valence-electron chi connectivity index (χ2n) is 12.4. The Bertz CT molecular complexity index is 1620. The number of nitrogens with one attached hydrogen (secondary N) is 1. The van der Waals surface area contributed by atoms with Crippen LogP contribution in [0, 0.1) is 17.7 Å². The van der Waals surface area contributed by atoms with Gasteiger partial charge in [0.2, 0.25) is 17.7 Å². The van der Waals surface area contributed by atoms with Gasteiger partial charge in [0.15, 0.2) is 12.3 Å². The van der Waals surface area contributed by atoms with E-state index in [0.717, 1.165) is 23.6 Å². The molecule has 5 amide bonds. The molecule has 16 nitrogen and oxygen atoms in total. The summed E-state index contributed by atoms with van der Waals surface area (Å²) in [7, 11) is 0. The molecule has 1 aromatic heterocycles. The lowest BCUT2D eigenvalue weighted by Gasteiger charge is -2.39. The number of amides is 5. The lowest BCUT2D eigenvalue weighted by atomic mass is 9.80. The third-order valence-electron chi connectivity index (χ3n) is 9.28. The van der Waals surface area contributed by atoms with Crippen LogP contribution < -0.4 is 15.8 Å². The lowest BCUT2D eigenvalue weighted by Crippen LogP contribution is -2.61. The number of aromatic nitrogens is 2. The van der Waals surface area contributed by atoms with E-state index in [1.165, 1.54) is 39.0 Å². The predicted molar refractivity (Wildman–Crippen MR) is 168 cm³/mol. The van der Waals surface area contributed by atoms with Crippen LogP contribution in [-0.4, -0.2) is 123 Å². The molecule has 3 unspecified atom stereocenters. The lowest BCUT2D eigenvalue weighted by molar-refractivity contribution is -0.148. The van der Waals surface area contributed by atoms with E-state index in [4.69, 9.17) is 15.2 Å². The van der Waals surface area contributed by atoms with Crippen LogP contribution in [-0.2, 0) is 23.9 Å². The van der Waals surface area contributed by atoms with Crippen LogP contribution in [0.15, 0.2) is 30.3 Å². The number of ether oxygens (including phenoxy) is 2. The Kier molecular flexibility index (Phi) is 10.4. The molecule has 0 bridgehead atoms. The fourth-order valence-electron chi connectivity index (χ4n) is 6.78. The molecule has 5 rings (SSSR count). The summed E-state index contributed by atoms with van der Waals surface area (Å²) in [6.07, 6.45) is 0.884. The molecule has 49 heavy (non-hydrogen) atoms. The topological polar surface area (TPSA) is 207 Å². The van der Waals surface area contributed by atoms with Crippen molar-refractivity contribution in [2.75, 3.05) is 45.9 Å². The van der Waals surface area contributed by atoms with Gasteiger partial charge in [-0.1, -0.05) is 13.0 Å². The van der Waals surface area contributed by atoms with Gasteiger partial charge >= 0.3 is 12.1 Å². The fourth-order valence-corrected chi connectivity index (χ4v) is 6.78. The maximum atomic E-state index is 14.2. The molecule has 0 radical (unpaired) electrons. The first-order valence-electron chi connectivity index (χ1n) is 16.2. The summed E-state index contributed by atoms with van der Waals surface area (Å²) in [5, 5.41) is 16.2. The number of rotatable bonds is 12. The second kappa shape index (κ2) is 14.5. The van der Waals surface area contributed by atoms with Crippen LogP contribution in [0.1, 0.15) is 50.0 Å². The van der Waals surface area contributed by atoms with Gasteiger partial charge in [0.1, 0.15) is 17.4 Å². The number of carbonyl (C=O) groups excluding carboxylic acids is 5. The number of carboxylic acids is 1. The number of hydrogen-bond acceptors (Lipinski definition) is 9. The summed E-state index contributed by atoms with van der Waals surface area (Å²) in [5.74, 6) is -4.91. The van der Waals surface area contributed by atoms with Gasteiger partial charge in [-0.05, 0) is 56.2 Å². The summed E-state index contributed by atoms with van der Waals surface area (Å²) in [5.41, 5.74) is 4.59. The van der Waals surface area contributed by atoms with Crippen molar-refractivity contribution in [1.29, 1.82) is 0 Å². The van der Waals surface area contributed by atoms with Crippen molar-refractivity contribution in [3.05, 3.63) is 41.8 Å². The molecule has 1 aromatic carbocycles. The zero-order valence-corrected chi connectivity index (χ0v) is 27.3. The molecular weight excluding hydrogens is 645 g/mol. The Labute approximate surface area is 281 Å². The SMILES string of the molecule is CCOC(=O)N1CCN(C(=O)C(CC(=O)O)NC(=O)c2cc(OCC(=O)N3CCC(C)C3(C(N)=O)C3CC3)n(-c3cccc(F)c3)n2)CC1. The van der Waals surface area contributed by atoms with E-state index in [0.29, 0.717) is 13.0 Å². The van der Waals surface area contributed by atoms with Crippen molar-refractivity contribution in [3.63, 3.8) is 0 Å². The highest BCUT2D eigenvalue weighted by atomic mass is 19.1. The standard InChI is InChI=1S/C32H40FN7O9/c1-3-48-31(47)38-13-11-37(12-14-38)29(45)24(17-27(42)43)35-28(44)23-16-26(40(36-23)22-6-4-5-21(33)15-22)49-18-25(41)39-10-9-19(2)32(39,30(34)46)20-7-8-20/h4-6,15-16,19-20,24H,3,7-14,17-18H2,1-2H3,(H2,34,46)(H,35,44)(H,42,43). The smallest absolute Gasteiger partial charge is 0.409 e. The van der Waals surface area contributed by atoms with E-state index in [1.54, 1.807) is 6.92 Å². The average molecular weight is 686 g/mol. The quantitative estimate of drug-likeness (QED) is 0.286. The second-order valence-corrected chi connectivity index (χ2v) is 12.4. The van der Waals surface area contributed by atoms with Crippen LogP contribution in [0.4, 0.5) is 9.18 Å². The summed E-state index contributed by atoms with van der Waals surface area (Å²) in [6.45, 7) is 4.04. The largest absolute Gasteiger partial charge is 0.481 e. The molecule has 3 atom stereocenters. The Morgan fingerprint density at radius 3 is 2.37 bits per heavy atom. The van der Waals surface area contributed by atoms with Crippen molar-refractivity contribution in [2.24, 2.45) is 17.6 Å². The summed E-state index contributed by atoms with van der Waals surface area (Å²) in [4.78, 5) is 81.0. The van der Waals surface area contributed by atoms with Crippen LogP contribution in [0.5, 0.6) is 5.88 Å². The van der Waals surface area contributed by atoms with Crippen LogP contribution >= 0.6 is 0 Å². The summed E-state index contributed by atoms with van der Waals surface area (Å²) < 4.78 is 26.2. The maximum Gasteiger partial charge on any atom is 0.409 e. The van der Waals surface area contributed by atoms with Crippen LogP contribution in [0.2, 0.25) is 0 Å². The van der Waals surface area contributed by atoms with E-state index < -0.39 is 66.1 Å². The number of carbonyl (C=O) groups is 6. The van der Waals surface area contributed by atoms with Gasteiger partial charge in [0, 0.05) is 38.8 Å². The molecule has 4 N–H and O–H groups in total. The number of hydrogen-bond donors (Lipinski definition) is 3. The van der Waals surface area contributed by atoms with E-state index in [2.05, 4.69) is 10.4 Å². The monoisotopic (exact) mass is 685 g/mol. The van der Waals surface area contributed by atoms with Gasteiger partial charge in [-0.25, -0.2) is 13.9 Å². The first kappa shape index (κ1) is 35.1. The normalized spacial score (nSPS) is 21.2. The van der Waals surface area contributed by atoms with E-state index in [1.807, 2.05) is 6.92 Å². The number of aliphatic carboxylic acids is 1. The van der Waals surface area contributed by atoms with Gasteiger partial charge in [-0.15, -0.1) is 0 Å². The summed E-state index contributed by atoms with van der Waals surface area (Å²) >= 11 is 0. The number of primary amides is 1. The molecule has 3 aliphatic rings. The molecule has 0 spiro atoms. The molecule has 1 aliphatic carbocycles. The molecule has 264 valence electrons. The zero-order chi connectivity index (χ0) is 35.5. The first-order chi connectivity index (χ1) is 23.4. The summed E-state index contributed by atoms with van der Waals surface area (Å²) in [6, 6.07) is 4.94. The Hall–Kier alpha value is -5.22.